The molecule has 0 atom stereocenters. The topological polar surface area (TPSA) is 24.7 Å². The van der Waals surface area contributed by atoms with Crippen molar-refractivity contribution in [2.24, 2.45) is 9.98 Å². The van der Waals surface area contributed by atoms with E-state index in [9.17, 15) is 0 Å². The lowest BCUT2D eigenvalue weighted by molar-refractivity contribution is 1.54. The van der Waals surface area contributed by atoms with Gasteiger partial charge in [0.25, 0.3) is 0 Å². The van der Waals surface area contributed by atoms with Crippen LogP contribution in [-0.2, 0) is 0 Å². The molecule has 0 fully saturated rings. The van der Waals surface area contributed by atoms with Crippen LogP contribution in [0.4, 0.5) is 11.4 Å². The minimum atomic E-state index is 0.640. The molecular formula is C18H12Cl2N2S. The maximum Gasteiger partial charge on any atom is 0.0816 e. The van der Waals surface area contributed by atoms with Crippen molar-refractivity contribution in [1.82, 2.24) is 0 Å². The fourth-order valence-electron chi connectivity index (χ4n) is 1.89. The molecule has 0 aliphatic heterocycles. The third kappa shape index (κ3) is 4.29. The molecule has 2 aromatic carbocycles. The summed E-state index contributed by atoms with van der Waals surface area (Å²) in [7, 11) is 0. The second kappa shape index (κ2) is 7.55. The second-order valence-corrected chi connectivity index (χ2v) is 6.62. The van der Waals surface area contributed by atoms with Gasteiger partial charge in [0, 0.05) is 22.2 Å². The van der Waals surface area contributed by atoms with Gasteiger partial charge in [0.05, 0.1) is 21.4 Å². The van der Waals surface area contributed by atoms with Crippen molar-refractivity contribution < 1.29 is 0 Å². The number of thiophene rings is 1. The standard InChI is InChI=1S/C18H12Cl2N2S/c19-15-5-1-3-7-17(15)21-11-13-9-10-14(23-13)12-22-18-8-4-2-6-16(18)20/h1-12H. The van der Waals surface area contributed by atoms with Gasteiger partial charge in [-0.15, -0.1) is 11.3 Å². The van der Waals surface area contributed by atoms with E-state index in [0.717, 1.165) is 21.1 Å². The number of para-hydroxylation sites is 2. The predicted molar refractivity (Wildman–Crippen MR) is 102 cm³/mol. The molecule has 0 N–H and O–H groups in total. The number of hydrogen-bond donors (Lipinski definition) is 0. The fraction of sp³-hybridized carbons (Fsp3) is 0. The first-order chi connectivity index (χ1) is 11.2. The molecule has 23 heavy (non-hydrogen) atoms. The second-order valence-electron chi connectivity index (χ2n) is 4.66. The van der Waals surface area contributed by atoms with E-state index in [1.54, 1.807) is 23.8 Å². The van der Waals surface area contributed by atoms with Gasteiger partial charge in [-0.2, -0.15) is 0 Å². The van der Waals surface area contributed by atoms with Crippen molar-refractivity contribution >= 4 is 58.3 Å². The van der Waals surface area contributed by atoms with Crippen molar-refractivity contribution in [3.8, 4) is 0 Å². The van der Waals surface area contributed by atoms with Crippen LogP contribution in [-0.4, -0.2) is 12.4 Å². The van der Waals surface area contributed by atoms with Gasteiger partial charge in [-0.1, -0.05) is 47.5 Å². The molecule has 0 saturated heterocycles. The van der Waals surface area contributed by atoms with Crippen LogP contribution < -0.4 is 0 Å². The number of hydrogen-bond acceptors (Lipinski definition) is 3. The molecule has 2 nitrogen and oxygen atoms in total. The third-order valence-electron chi connectivity index (χ3n) is 3.01. The molecular weight excluding hydrogens is 347 g/mol. The lowest BCUT2D eigenvalue weighted by Crippen LogP contribution is -1.74. The van der Waals surface area contributed by atoms with Gasteiger partial charge in [-0.25, -0.2) is 0 Å². The summed E-state index contributed by atoms with van der Waals surface area (Å²) in [5.41, 5.74) is 1.52. The molecule has 0 radical (unpaired) electrons. The van der Waals surface area contributed by atoms with Crippen LogP contribution >= 0.6 is 34.5 Å². The maximum absolute atomic E-state index is 6.08. The average molecular weight is 359 g/mol. The Morgan fingerprint density at radius 2 is 1.09 bits per heavy atom. The van der Waals surface area contributed by atoms with Gasteiger partial charge in [-0.3, -0.25) is 9.98 Å². The molecule has 0 bridgehead atoms. The van der Waals surface area contributed by atoms with Crippen molar-refractivity contribution in [3.63, 3.8) is 0 Å². The van der Waals surface area contributed by atoms with E-state index in [1.807, 2.05) is 60.7 Å². The molecule has 0 saturated carbocycles. The monoisotopic (exact) mass is 358 g/mol. The first kappa shape index (κ1) is 15.9. The molecule has 0 aliphatic carbocycles. The lowest BCUT2D eigenvalue weighted by Gasteiger charge is -1.95. The quantitative estimate of drug-likeness (QED) is 0.472. The Bertz CT molecular complexity index is 799. The predicted octanol–water partition coefficient (Wildman–Crippen LogP) is 6.56. The Kier molecular flexibility index (Phi) is 5.23. The molecule has 1 heterocycles. The van der Waals surface area contributed by atoms with Crippen molar-refractivity contribution in [2.75, 3.05) is 0 Å². The van der Waals surface area contributed by atoms with Crippen LogP contribution in [0.1, 0.15) is 9.75 Å². The minimum absolute atomic E-state index is 0.640. The molecule has 3 rings (SSSR count). The van der Waals surface area contributed by atoms with Gasteiger partial charge in [0.2, 0.25) is 0 Å². The molecule has 3 aromatic rings. The van der Waals surface area contributed by atoms with Crippen molar-refractivity contribution in [3.05, 3.63) is 80.5 Å². The summed E-state index contributed by atoms with van der Waals surface area (Å²) >= 11 is 13.8. The number of nitrogens with zero attached hydrogens (tertiary/aromatic N) is 2. The summed E-state index contributed by atoms with van der Waals surface area (Å²) in [5, 5.41) is 1.28. The van der Waals surface area contributed by atoms with Crippen LogP contribution in [0.3, 0.4) is 0 Å². The van der Waals surface area contributed by atoms with Crippen LogP contribution in [0.2, 0.25) is 10.0 Å². The largest absolute Gasteiger partial charge is 0.254 e. The SMILES string of the molecule is Clc1ccccc1N=Cc1ccc(C=Nc2ccccc2Cl)s1. The highest BCUT2D eigenvalue weighted by atomic mass is 35.5. The molecule has 0 unspecified atom stereocenters. The Hall–Kier alpha value is -1.94. The van der Waals surface area contributed by atoms with Crippen molar-refractivity contribution in [2.45, 2.75) is 0 Å². The van der Waals surface area contributed by atoms with E-state index < -0.39 is 0 Å². The highest BCUT2D eigenvalue weighted by Crippen LogP contribution is 2.25. The normalized spacial score (nSPS) is 11.6. The fourth-order valence-corrected chi connectivity index (χ4v) is 3.01. The van der Waals surface area contributed by atoms with Crippen LogP contribution in [0, 0.1) is 0 Å². The first-order valence-corrected chi connectivity index (χ1v) is 8.46. The van der Waals surface area contributed by atoms with Crippen molar-refractivity contribution in [1.29, 1.82) is 0 Å². The zero-order valence-corrected chi connectivity index (χ0v) is 14.3. The van der Waals surface area contributed by atoms with Gasteiger partial charge >= 0.3 is 0 Å². The molecule has 0 aliphatic rings. The summed E-state index contributed by atoms with van der Waals surface area (Å²) in [4.78, 5) is 10.9. The van der Waals surface area contributed by atoms with E-state index in [-0.39, 0.29) is 0 Å². The number of halogens is 2. The smallest absolute Gasteiger partial charge is 0.0816 e. The summed E-state index contributed by atoms with van der Waals surface area (Å²) in [6.07, 6.45) is 3.61. The zero-order chi connectivity index (χ0) is 16.1. The Morgan fingerprint density at radius 3 is 1.52 bits per heavy atom. The molecule has 0 spiro atoms. The summed E-state index contributed by atoms with van der Waals surface area (Å²) in [5.74, 6) is 0. The van der Waals surface area contributed by atoms with E-state index in [2.05, 4.69) is 9.98 Å². The summed E-state index contributed by atoms with van der Waals surface area (Å²) in [6.45, 7) is 0. The van der Waals surface area contributed by atoms with E-state index in [1.165, 1.54) is 0 Å². The van der Waals surface area contributed by atoms with Crippen LogP contribution in [0.15, 0.2) is 70.6 Å². The zero-order valence-electron chi connectivity index (χ0n) is 12.0. The maximum atomic E-state index is 6.08. The Labute approximate surface area is 148 Å². The van der Waals surface area contributed by atoms with E-state index in [0.29, 0.717) is 10.0 Å². The van der Waals surface area contributed by atoms with Gasteiger partial charge in [-0.05, 0) is 36.4 Å². The molecule has 0 amide bonds. The first-order valence-electron chi connectivity index (χ1n) is 6.89. The van der Waals surface area contributed by atoms with Gasteiger partial charge in [0.15, 0.2) is 0 Å². The molecule has 114 valence electrons. The van der Waals surface area contributed by atoms with E-state index >= 15 is 0 Å². The minimum Gasteiger partial charge on any atom is -0.254 e. The van der Waals surface area contributed by atoms with Crippen LogP contribution in [0.5, 0.6) is 0 Å². The third-order valence-corrected chi connectivity index (χ3v) is 4.61. The lowest BCUT2D eigenvalue weighted by atomic mass is 10.3. The number of benzene rings is 2. The summed E-state index contributed by atoms with van der Waals surface area (Å²) < 4.78 is 0. The molecule has 5 heteroatoms. The number of rotatable bonds is 4. The van der Waals surface area contributed by atoms with Gasteiger partial charge < -0.3 is 0 Å². The highest BCUT2D eigenvalue weighted by molar-refractivity contribution is 7.15. The van der Waals surface area contributed by atoms with E-state index in [4.69, 9.17) is 23.2 Å². The Morgan fingerprint density at radius 1 is 0.652 bits per heavy atom. The summed E-state index contributed by atoms with van der Waals surface area (Å²) in [6, 6.07) is 19.0. The van der Waals surface area contributed by atoms with Crippen LogP contribution in [0.25, 0.3) is 0 Å². The average Bonchev–Trinajstić information content (AvgIpc) is 3.01. The Balaban J connectivity index is 1.74. The highest BCUT2D eigenvalue weighted by Gasteiger charge is 1.99. The number of aliphatic imine (C=N–C) groups is 2. The van der Waals surface area contributed by atoms with Gasteiger partial charge in [0.1, 0.15) is 0 Å². The molecule has 1 aromatic heterocycles.